The zero-order valence-corrected chi connectivity index (χ0v) is 6.34. The summed E-state index contributed by atoms with van der Waals surface area (Å²) in [6.07, 6.45) is 5.33. The molecule has 0 amide bonds. The van der Waals surface area contributed by atoms with Gasteiger partial charge in [0.1, 0.15) is 0 Å². The zero-order valence-electron chi connectivity index (χ0n) is 6.34. The average Bonchev–Trinajstić information content (AvgIpc) is 1.99. The van der Waals surface area contributed by atoms with E-state index in [9.17, 15) is 0 Å². The molecule has 2 heteroatoms. The molecule has 3 unspecified atom stereocenters. The van der Waals surface area contributed by atoms with Gasteiger partial charge in [0.25, 0.3) is 0 Å². The third-order valence-corrected chi connectivity index (χ3v) is 2.97. The van der Waals surface area contributed by atoms with Crippen LogP contribution >= 0.6 is 0 Å². The summed E-state index contributed by atoms with van der Waals surface area (Å²) in [5.74, 6) is 0.992. The van der Waals surface area contributed by atoms with Gasteiger partial charge in [-0.3, -0.25) is 0 Å². The Balaban J connectivity index is 2.00. The lowest BCUT2D eigenvalue weighted by Crippen LogP contribution is -2.52. The molecule has 0 spiro atoms. The molecular weight excluding hydrogens is 124 g/mol. The van der Waals surface area contributed by atoms with Crippen molar-refractivity contribution in [2.45, 2.75) is 37.8 Å². The third kappa shape index (κ3) is 1.06. The second-order valence-corrected chi connectivity index (χ2v) is 3.69. The topological polar surface area (TPSA) is 38.0 Å². The molecule has 0 aromatic rings. The molecule has 0 aromatic heterocycles. The first-order valence-corrected chi connectivity index (χ1v) is 4.35. The predicted molar refractivity (Wildman–Crippen MR) is 41.7 cm³/mol. The summed E-state index contributed by atoms with van der Waals surface area (Å²) in [6, 6.07) is 1.09. The molecule has 3 N–H and O–H groups in total. The van der Waals surface area contributed by atoms with E-state index in [1.165, 1.54) is 32.2 Å². The lowest BCUT2D eigenvalue weighted by Gasteiger charge is -2.39. The predicted octanol–water partition coefficient (Wildman–Crippen LogP) is 0.476. The maximum Gasteiger partial charge on any atom is 0.0221 e. The highest BCUT2D eigenvalue weighted by atomic mass is 15.0. The molecular formula is C8H16N2. The van der Waals surface area contributed by atoms with Crippen molar-refractivity contribution in [3.05, 3.63) is 0 Å². The van der Waals surface area contributed by atoms with E-state index in [4.69, 9.17) is 5.73 Å². The van der Waals surface area contributed by atoms with E-state index < -0.39 is 0 Å². The summed E-state index contributed by atoms with van der Waals surface area (Å²) in [6.45, 7) is 1.20. The summed E-state index contributed by atoms with van der Waals surface area (Å²) in [5.41, 5.74) is 5.92. The van der Waals surface area contributed by atoms with Crippen molar-refractivity contribution < 1.29 is 0 Å². The van der Waals surface area contributed by atoms with Crippen LogP contribution in [0.1, 0.15) is 25.7 Å². The molecule has 0 radical (unpaired) electrons. The van der Waals surface area contributed by atoms with Crippen LogP contribution in [0.5, 0.6) is 0 Å². The van der Waals surface area contributed by atoms with E-state index in [-0.39, 0.29) is 0 Å². The number of fused-ring (bicyclic) bond motifs is 2. The summed E-state index contributed by atoms with van der Waals surface area (Å²) in [4.78, 5) is 0. The number of hydrogen-bond acceptors (Lipinski definition) is 2. The van der Waals surface area contributed by atoms with E-state index >= 15 is 0 Å². The summed E-state index contributed by atoms with van der Waals surface area (Å²) >= 11 is 0. The van der Waals surface area contributed by atoms with Gasteiger partial charge in [0, 0.05) is 12.1 Å². The minimum absolute atomic E-state index is 0.441. The Labute approximate surface area is 62.2 Å². The standard InChI is InChI=1S/C8H16N2/c9-7-2-1-6-3-4-10-8(7)5-6/h6-8,10H,1-5,9H2. The molecule has 3 atom stereocenters. The van der Waals surface area contributed by atoms with Crippen molar-refractivity contribution in [3.8, 4) is 0 Å². The van der Waals surface area contributed by atoms with Gasteiger partial charge in [-0.05, 0) is 38.1 Å². The van der Waals surface area contributed by atoms with E-state index in [1.54, 1.807) is 0 Å². The van der Waals surface area contributed by atoms with Gasteiger partial charge in [0.05, 0.1) is 0 Å². The number of nitrogens with one attached hydrogen (secondary N) is 1. The molecule has 2 aliphatic rings. The van der Waals surface area contributed by atoms with Crippen LogP contribution in [-0.2, 0) is 0 Å². The number of rotatable bonds is 0. The Bertz CT molecular complexity index is 122. The van der Waals surface area contributed by atoms with Crippen LogP contribution in [0.15, 0.2) is 0 Å². The molecule has 1 heterocycles. The van der Waals surface area contributed by atoms with Crippen LogP contribution in [0, 0.1) is 5.92 Å². The van der Waals surface area contributed by atoms with Crippen molar-refractivity contribution in [3.63, 3.8) is 0 Å². The van der Waals surface area contributed by atoms with Crippen molar-refractivity contribution in [2.75, 3.05) is 6.54 Å². The highest BCUT2D eigenvalue weighted by Crippen LogP contribution is 2.28. The van der Waals surface area contributed by atoms with E-state index in [0.717, 1.165) is 5.92 Å². The van der Waals surface area contributed by atoms with Gasteiger partial charge in [-0.2, -0.15) is 0 Å². The van der Waals surface area contributed by atoms with Crippen LogP contribution in [0.25, 0.3) is 0 Å². The second-order valence-electron chi connectivity index (χ2n) is 3.69. The van der Waals surface area contributed by atoms with Crippen molar-refractivity contribution in [1.29, 1.82) is 0 Å². The lowest BCUT2D eigenvalue weighted by atomic mass is 9.78. The van der Waals surface area contributed by atoms with Crippen LogP contribution in [-0.4, -0.2) is 18.6 Å². The Kier molecular flexibility index (Phi) is 1.66. The van der Waals surface area contributed by atoms with Gasteiger partial charge < -0.3 is 11.1 Å². The van der Waals surface area contributed by atoms with Gasteiger partial charge in [-0.1, -0.05) is 0 Å². The molecule has 0 aromatic carbocycles. The van der Waals surface area contributed by atoms with Crippen molar-refractivity contribution >= 4 is 0 Å². The van der Waals surface area contributed by atoms with Gasteiger partial charge in [-0.15, -0.1) is 0 Å². The van der Waals surface area contributed by atoms with Crippen molar-refractivity contribution in [1.82, 2.24) is 5.32 Å². The fraction of sp³-hybridized carbons (Fsp3) is 1.00. The second kappa shape index (κ2) is 2.51. The lowest BCUT2D eigenvalue weighted by molar-refractivity contribution is 0.200. The van der Waals surface area contributed by atoms with Gasteiger partial charge >= 0.3 is 0 Å². The molecule has 2 nitrogen and oxygen atoms in total. The van der Waals surface area contributed by atoms with Gasteiger partial charge in [0.15, 0.2) is 0 Å². The van der Waals surface area contributed by atoms with Crippen LogP contribution in [0.4, 0.5) is 0 Å². The Morgan fingerprint density at radius 1 is 1.20 bits per heavy atom. The van der Waals surface area contributed by atoms with E-state index in [0.29, 0.717) is 12.1 Å². The monoisotopic (exact) mass is 140 g/mol. The molecule has 1 aliphatic carbocycles. The molecule has 1 saturated heterocycles. The first kappa shape index (κ1) is 6.62. The van der Waals surface area contributed by atoms with Gasteiger partial charge in [-0.25, -0.2) is 0 Å². The maximum atomic E-state index is 5.92. The molecule has 58 valence electrons. The molecule has 1 aliphatic heterocycles. The minimum Gasteiger partial charge on any atom is -0.326 e. The summed E-state index contributed by atoms with van der Waals surface area (Å²) in [7, 11) is 0. The minimum atomic E-state index is 0.441. The molecule has 1 saturated carbocycles. The zero-order chi connectivity index (χ0) is 6.97. The quantitative estimate of drug-likeness (QED) is 0.513. The van der Waals surface area contributed by atoms with Crippen LogP contribution < -0.4 is 11.1 Å². The number of hydrogen-bond donors (Lipinski definition) is 2. The first-order valence-electron chi connectivity index (χ1n) is 4.35. The third-order valence-electron chi connectivity index (χ3n) is 2.97. The fourth-order valence-electron chi connectivity index (χ4n) is 2.25. The number of nitrogens with two attached hydrogens (primary N) is 1. The first-order chi connectivity index (χ1) is 4.86. The molecule has 2 rings (SSSR count). The molecule has 10 heavy (non-hydrogen) atoms. The largest absolute Gasteiger partial charge is 0.326 e. The molecule has 2 bridgehead atoms. The Hall–Kier alpha value is -0.0800. The number of piperidine rings is 1. The summed E-state index contributed by atoms with van der Waals surface area (Å²) in [5, 5.41) is 3.48. The summed E-state index contributed by atoms with van der Waals surface area (Å²) < 4.78 is 0. The highest BCUT2D eigenvalue weighted by molar-refractivity contribution is 4.90. The highest BCUT2D eigenvalue weighted by Gasteiger charge is 2.30. The normalized spacial score (nSPS) is 47.1. The Morgan fingerprint density at radius 2 is 2.10 bits per heavy atom. The van der Waals surface area contributed by atoms with Crippen LogP contribution in [0.2, 0.25) is 0 Å². The van der Waals surface area contributed by atoms with Gasteiger partial charge in [0.2, 0.25) is 0 Å². The van der Waals surface area contributed by atoms with Crippen LogP contribution in [0.3, 0.4) is 0 Å². The van der Waals surface area contributed by atoms with E-state index in [1.807, 2.05) is 0 Å². The average molecular weight is 140 g/mol. The fourth-order valence-corrected chi connectivity index (χ4v) is 2.25. The maximum absolute atomic E-state index is 5.92. The smallest absolute Gasteiger partial charge is 0.0221 e. The Morgan fingerprint density at radius 3 is 2.90 bits per heavy atom. The molecule has 2 fully saturated rings. The van der Waals surface area contributed by atoms with E-state index in [2.05, 4.69) is 5.32 Å². The SMILES string of the molecule is NC1CCC2CCNC1C2. The van der Waals surface area contributed by atoms with Crippen molar-refractivity contribution in [2.24, 2.45) is 11.7 Å².